The minimum atomic E-state index is -0.349. The van der Waals surface area contributed by atoms with E-state index in [4.69, 9.17) is 11.6 Å². The van der Waals surface area contributed by atoms with Gasteiger partial charge in [0, 0.05) is 17.3 Å². The van der Waals surface area contributed by atoms with Crippen LogP contribution in [0.15, 0.2) is 30.5 Å². The highest BCUT2D eigenvalue weighted by Crippen LogP contribution is 2.12. The summed E-state index contributed by atoms with van der Waals surface area (Å²) in [4.78, 5) is 12.4. The van der Waals surface area contributed by atoms with E-state index >= 15 is 0 Å². The maximum atomic E-state index is 12.4. The summed E-state index contributed by atoms with van der Waals surface area (Å²) in [6, 6.07) is 7.03. The van der Waals surface area contributed by atoms with Crippen LogP contribution in [0.3, 0.4) is 0 Å². The number of hydrogen-bond acceptors (Lipinski definition) is 3. The standard InChI is InChI=1S/C17H22ClN3O2/c1-3-8-21-12(2)16(10-19-21)17(23)20-15(11-22)9-13-4-6-14(18)7-5-13/h4-7,10,15,22H,3,8-9,11H2,1-2H3,(H,20,23). The van der Waals surface area contributed by atoms with E-state index in [2.05, 4.69) is 17.3 Å². The van der Waals surface area contributed by atoms with Crippen LogP contribution >= 0.6 is 11.6 Å². The lowest BCUT2D eigenvalue weighted by Gasteiger charge is -2.16. The smallest absolute Gasteiger partial charge is 0.255 e. The number of aliphatic hydroxyl groups excluding tert-OH is 1. The van der Waals surface area contributed by atoms with Crippen molar-refractivity contribution >= 4 is 17.5 Å². The summed E-state index contributed by atoms with van der Waals surface area (Å²) in [5.41, 5.74) is 2.40. The third-order valence-electron chi connectivity index (χ3n) is 3.73. The molecule has 0 spiro atoms. The number of halogens is 1. The van der Waals surface area contributed by atoms with Crippen molar-refractivity contribution in [3.63, 3.8) is 0 Å². The van der Waals surface area contributed by atoms with Crippen molar-refractivity contribution < 1.29 is 9.90 Å². The number of aromatic nitrogens is 2. The summed E-state index contributed by atoms with van der Waals surface area (Å²) >= 11 is 5.86. The van der Waals surface area contributed by atoms with Gasteiger partial charge in [-0.1, -0.05) is 30.7 Å². The number of nitrogens with one attached hydrogen (secondary N) is 1. The van der Waals surface area contributed by atoms with Gasteiger partial charge in [-0.25, -0.2) is 0 Å². The molecule has 0 saturated carbocycles. The normalized spacial score (nSPS) is 12.2. The van der Waals surface area contributed by atoms with Crippen molar-refractivity contribution in [2.45, 2.75) is 39.3 Å². The highest BCUT2D eigenvalue weighted by Gasteiger charge is 2.18. The SMILES string of the molecule is CCCn1ncc(C(=O)NC(CO)Cc2ccc(Cl)cc2)c1C. The number of hydrogen-bond donors (Lipinski definition) is 2. The molecule has 0 bridgehead atoms. The van der Waals surface area contributed by atoms with E-state index in [1.165, 1.54) is 0 Å². The highest BCUT2D eigenvalue weighted by molar-refractivity contribution is 6.30. The first-order valence-corrected chi connectivity index (χ1v) is 8.11. The van der Waals surface area contributed by atoms with Crippen LogP contribution < -0.4 is 5.32 Å². The summed E-state index contributed by atoms with van der Waals surface area (Å²) in [7, 11) is 0. The first-order chi connectivity index (χ1) is 11.0. The number of benzene rings is 1. The maximum absolute atomic E-state index is 12.4. The topological polar surface area (TPSA) is 67.2 Å². The van der Waals surface area contributed by atoms with Gasteiger partial charge in [0.2, 0.25) is 0 Å². The van der Waals surface area contributed by atoms with Gasteiger partial charge in [0.25, 0.3) is 5.91 Å². The fourth-order valence-electron chi connectivity index (χ4n) is 2.44. The lowest BCUT2D eigenvalue weighted by molar-refractivity contribution is 0.0915. The number of aryl methyl sites for hydroxylation is 1. The molecule has 1 aromatic heterocycles. The average molecular weight is 336 g/mol. The molecule has 0 radical (unpaired) electrons. The predicted molar refractivity (Wildman–Crippen MR) is 90.8 cm³/mol. The summed E-state index contributed by atoms with van der Waals surface area (Å²) in [5, 5.41) is 17.3. The lowest BCUT2D eigenvalue weighted by Crippen LogP contribution is -2.39. The number of rotatable bonds is 7. The Morgan fingerprint density at radius 1 is 1.39 bits per heavy atom. The second kappa shape index (κ2) is 8.13. The zero-order valence-electron chi connectivity index (χ0n) is 13.4. The van der Waals surface area contributed by atoms with Gasteiger partial charge in [0.05, 0.1) is 24.4 Å². The predicted octanol–water partition coefficient (Wildman–Crippen LogP) is 2.59. The molecule has 0 fully saturated rings. The molecule has 2 N–H and O–H groups in total. The average Bonchev–Trinajstić information content (AvgIpc) is 2.90. The van der Waals surface area contributed by atoms with Gasteiger partial charge in [0.15, 0.2) is 0 Å². The van der Waals surface area contributed by atoms with Gasteiger partial charge in [-0.05, 0) is 37.5 Å². The van der Waals surface area contributed by atoms with Crippen LogP contribution in [0.5, 0.6) is 0 Å². The van der Waals surface area contributed by atoms with Crippen molar-refractivity contribution in [3.05, 3.63) is 52.3 Å². The van der Waals surface area contributed by atoms with Crippen LogP contribution in [0.4, 0.5) is 0 Å². The van der Waals surface area contributed by atoms with Gasteiger partial charge in [-0.3, -0.25) is 9.48 Å². The van der Waals surface area contributed by atoms with Crippen molar-refractivity contribution in [2.24, 2.45) is 0 Å². The Labute approximate surface area is 141 Å². The van der Waals surface area contributed by atoms with Gasteiger partial charge in [0.1, 0.15) is 0 Å². The first-order valence-electron chi connectivity index (χ1n) is 7.73. The molecule has 1 amide bonds. The number of nitrogens with zero attached hydrogens (tertiary/aromatic N) is 2. The molecule has 6 heteroatoms. The molecule has 0 aliphatic rings. The first kappa shape index (κ1) is 17.5. The van der Waals surface area contributed by atoms with Crippen molar-refractivity contribution in [3.8, 4) is 0 Å². The van der Waals surface area contributed by atoms with Gasteiger partial charge in [-0.15, -0.1) is 0 Å². The van der Waals surface area contributed by atoms with E-state index in [0.29, 0.717) is 17.0 Å². The molecule has 1 heterocycles. The van der Waals surface area contributed by atoms with Crippen molar-refractivity contribution in [1.82, 2.24) is 15.1 Å². The van der Waals surface area contributed by atoms with Crippen LogP contribution in [0.2, 0.25) is 5.02 Å². The Hall–Kier alpha value is -1.85. The second-order valence-electron chi connectivity index (χ2n) is 5.55. The molecular formula is C17H22ClN3O2. The zero-order chi connectivity index (χ0) is 16.8. The summed E-state index contributed by atoms with van der Waals surface area (Å²) in [6.07, 6.45) is 3.08. The number of carbonyl (C=O) groups is 1. The minimum Gasteiger partial charge on any atom is -0.394 e. The second-order valence-corrected chi connectivity index (χ2v) is 5.99. The van der Waals surface area contributed by atoms with Crippen molar-refractivity contribution in [2.75, 3.05) is 6.61 Å². The fourth-order valence-corrected chi connectivity index (χ4v) is 2.56. The van der Waals surface area contributed by atoms with Gasteiger partial charge >= 0.3 is 0 Å². The zero-order valence-corrected chi connectivity index (χ0v) is 14.2. The molecule has 1 aromatic carbocycles. The Morgan fingerprint density at radius 3 is 2.70 bits per heavy atom. The third-order valence-corrected chi connectivity index (χ3v) is 3.99. The molecule has 124 valence electrons. The van der Waals surface area contributed by atoms with Crippen LogP contribution in [0, 0.1) is 6.92 Å². The maximum Gasteiger partial charge on any atom is 0.255 e. The Morgan fingerprint density at radius 2 is 2.09 bits per heavy atom. The number of carbonyl (C=O) groups excluding carboxylic acids is 1. The van der Waals surface area contributed by atoms with Gasteiger partial charge in [-0.2, -0.15) is 5.10 Å². The monoisotopic (exact) mass is 335 g/mol. The van der Waals surface area contributed by atoms with E-state index in [1.807, 2.05) is 23.7 Å². The molecular weight excluding hydrogens is 314 g/mol. The number of amides is 1. The molecule has 1 atom stereocenters. The van der Waals surface area contributed by atoms with E-state index in [1.54, 1.807) is 18.3 Å². The Balaban J connectivity index is 2.03. The van der Waals surface area contributed by atoms with E-state index in [-0.39, 0.29) is 18.6 Å². The third kappa shape index (κ3) is 4.56. The van der Waals surface area contributed by atoms with E-state index in [0.717, 1.165) is 24.2 Å². The minimum absolute atomic E-state index is 0.128. The fraction of sp³-hybridized carbons (Fsp3) is 0.412. The quantitative estimate of drug-likeness (QED) is 0.817. The Bertz CT molecular complexity index is 652. The molecule has 0 saturated heterocycles. The van der Waals surface area contributed by atoms with Crippen LogP contribution in [0.25, 0.3) is 0 Å². The molecule has 0 aliphatic heterocycles. The van der Waals surface area contributed by atoms with Crippen LogP contribution in [-0.4, -0.2) is 33.4 Å². The molecule has 2 aromatic rings. The largest absolute Gasteiger partial charge is 0.394 e. The molecule has 2 rings (SSSR count). The lowest BCUT2D eigenvalue weighted by atomic mass is 10.1. The van der Waals surface area contributed by atoms with Crippen LogP contribution in [0.1, 0.15) is 35.0 Å². The van der Waals surface area contributed by atoms with Crippen LogP contribution in [-0.2, 0) is 13.0 Å². The van der Waals surface area contributed by atoms with E-state index < -0.39 is 0 Å². The molecule has 23 heavy (non-hydrogen) atoms. The summed E-state index contributed by atoms with van der Waals surface area (Å²) in [6.45, 7) is 4.60. The molecule has 1 unspecified atom stereocenters. The Kier molecular flexibility index (Phi) is 6.19. The molecule has 0 aliphatic carbocycles. The number of aliphatic hydroxyl groups is 1. The van der Waals surface area contributed by atoms with Crippen molar-refractivity contribution in [1.29, 1.82) is 0 Å². The summed E-state index contributed by atoms with van der Waals surface area (Å²) < 4.78 is 1.82. The highest BCUT2D eigenvalue weighted by atomic mass is 35.5. The summed E-state index contributed by atoms with van der Waals surface area (Å²) in [5.74, 6) is -0.210. The molecule has 5 nitrogen and oxygen atoms in total. The van der Waals surface area contributed by atoms with Gasteiger partial charge < -0.3 is 10.4 Å². The van der Waals surface area contributed by atoms with E-state index in [9.17, 15) is 9.90 Å².